The number of nitrogens with one attached hydrogen (secondary N) is 1. The van der Waals surface area contributed by atoms with E-state index in [1.807, 2.05) is 5.38 Å². The first kappa shape index (κ1) is 17.1. The van der Waals surface area contributed by atoms with Crippen LogP contribution < -0.4 is 10.1 Å². The molecule has 1 heterocycles. The summed E-state index contributed by atoms with van der Waals surface area (Å²) in [5, 5.41) is 5.68. The highest BCUT2D eigenvalue weighted by molar-refractivity contribution is 7.13. The average molecular weight is 356 g/mol. The number of rotatable bonds is 6. The monoisotopic (exact) mass is 356 g/mol. The lowest BCUT2D eigenvalue weighted by Gasteiger charge is -2.05. The van der Waals surface area contributed by atoms with E-state index < -0.39 is 0 Å². The van der Waals surface area contributed by atoms with E-state index >= 15 is 0 Å². The molecule has 1 N–H and O–H groups in total. The lowest BCUT2D eigenvalue weighted by atomic mass is 10.2. The first-order valence-electron chi connectivity index (χ1n) is 7.78. The van der Waals surface area contributed by atoms with Crippen molar-refractivity contribution in [2.75, 3.05) is 13.7 Å². The number of hydrogen-bond acceptors (Lipinski definition) is 4. The zero-order chi connectivity index (χ0) is 17.6. The summed E-state index contributed by atoms with van der Waals surface area (Å²) in [6.07, 6.45) is 0.638. The van der Waals surface area contributed by atoms with Gasteiger partial charge >= 0.3 is 0 Å². The van der Waals surface area contributed by atoms with Crippen LogP contribution in [0.3, 0.4) is 0 Å². The molecule has 3 aromatic rings. The van der Waals surface area contributed by atoms with Crippen LogP contribution in [0.1, 0.15) is 16.1 Å². The fraction of sp³-hybridized carbons (Fsp3) is 0.158. The predicted octanol–water partition coefficient (Wildman–Crippen LogP) is 3.93. The second-order valence-corrected chi connectivity index (χ2v) is 6.24. The van der Waals surface area contributed by atoms with Crippen LogP contribution >= 0.6 is 11.3 Å². The third-order valence-corrected chi connectivity index (χ3v) is 4.60. The second kappa shape index (κ2) is 7.90. The van der Waals surface area contributed by atoms with Gasteiger partial charge in [-0.3, -0.25) is 4.79 Å². The van der Waals surface area contributed by atoms with Gasteiger partial charge in [-0.05, 0) is 48.5 Å². The first-order chi connectivity index (χ1) is 12.2. The molecule has 0 fully saturated rings. The third kappa shape index (κ3) is 4.42. The molecule has 1 aromatic heterocycles. The lowest BCUT2D eigenvalue weighted by molar-refractivity contribution is 0.0954. The number of carbonyl (C=O) groups excluding carboxylic acids is 1. The number of thiazole rings is 1. The van der Waals surface area contributed by atoms with Gasteiger partial charge in [0.15, 0.2) is 0 Å². The lowest BCUT2D eigenvalue weighted by Crippen LogP contribution is -2.25. The number of ether oxygens (including phenoxy) is 1. The second-order valence-electron chi connectivity index (χ2n) is 5.39. The molecule has 2 aromatic carbocycles. The summed E-state index contributed by atoms with van der Waals surface area (Å²) >= 11 is 1.51. The molecule has 128 valence electrons. The molecule has 6 heteroatoms. The van der Waals surface area contributed by atoms with E-state index in [4.69, 9.17) is 4.74 Å². The van der Waals surface area contributed by atoms with Crippen molar-refractivity contribution in [3.8, 4) is 16.3 Å². The maximum atomic E-state index is 13.0. The van der Waals surface area contributed by atoms with Gasteiger partial charge in [0.25, 0.3) is 5.91 Å². The van der Waals surface area contributed by atoms with Crippen molar-refractivity contribution in [3.63, 3.8) is 0 Å². The molecule has 4 nitrogen and oxygen atoms in total. The Labute approximate surface area is 149 Å². The van der Waals surface area contributed by atoms with Crippen LogP contribution in [0, 0.1) is 5.82 Å². The smallest absolute Gasteiger partial charge is 0.251 e. The van der Waals surface area contributed by atoms with Crippen LogP contribution in [-0.2, 0) is 6.42 Å². The van der Waals surface area contributed by atoms with Gasteiger partial charge in [0.1, 0.15) is 16.6 Å². The Bertz CT molecular complexity index is 845. The van der Waals surface area contributed by atoms with Gasteiger partial charge in [0.05, 0.1) is 12.8 Å². The summed E-state index contributed by atoms with van der Waals surface area (Å²) in [5.41, 5.74) is 2.38. The van der Waals surface area contributed by atoms with Crippen LogP contribution in [0.4, 0.5) is 4.39 Å². The van der Waals surface area contributed by atoms with Gasteiger partial charge in [-0.15, -0.1) is 11.3 Å². The van der Waals surface area contributed by atoms with Gasteiger partial charge in [0.2, 0.25) is 0 Å². The van der Waals surface area contributed by atoms with Crippen molar-refractivity contribution in [2.45, 2.75) is 6.42 Å². The van der Waals surface area contributed by atoms with Crippen molar-refractivity contribution in [3.05, 3.63) is 71.0 Å². The van der Waals surface area contributed by atoms with Crippen LogP contribution in [0.2, 0.25) is 0 Å². The Balaban J connectivity index is 1.53. The topological polar surface area (TPSA) is 51.2 Å². The first-order valence-corrected chi connectivity index (χ1v) is 8.66. The average Bonchev–Trinajstić information content (AvgIpc) is 3.11. The number of carbonyl (C=O) groups is 1. The van der Waals surface area contributed by atoms with Crippen LogP contribution in [-0.4, -0.2) is 24.5 Å². The number of nitrogens with zero attached hydrogens (tertiary/aromatic N) is 1. The molecule has 3 rings (SSSR count). The van der Waals surface area contributed by atoms with Gasteiger partial charge < -0.3 is 10.1 Å². The molecular formula is C19H17FN2O2S. The Morgan fingerprint density at radius 2 is 1.88 bits per heavy atom. The van der Waals surface area contributed by atoms with Crippen LogP contribution in [0.5, 0.6) is 5.75 Å². The number of halogens is 1. The van der Waals surface area contributed by atoms with Gasteiger partial charge in [-0.25, -0.2) is 9.37 Å². The number of amides is 1. The van der Waals surface area contributed by atoms with Crippen molar-refractivity contribution in [1.29, 1.82) is 0 Å². The Morgan fingerprint density at radius 3 is 2.56 bits per heavy atom. The maximum Gasteiger partial charge on any atom is 0.251 e. The molecule has 0 saturated carbocycles. The molecule has 0 aliphatic heterocycles. The zero-order valence-electron chi connectivity index (χ0n) is 13.7. The van der Waals surface area contributed by atoms with Gasteiger partial charge in [0, 0.05) is 29.5 Å². The van der Waals surface area contributed by atoms with E-state index in [2.05, 4.69) is 10.3 Å². The Morgan fingerprint density at radius 1 is 1.16 bits per heavy atom. The number of hydrogen-bond donors (Lipinski definition) is 1. The molecule has 0 atom stereocenters. The van der Waals surface area contributed by atoms with E-state index in [-0.39, 0.29) is 11.7 Å². The maximum absolute atomic E-state index is 13.0. The molecule has 0 unspecified atom stereocenters. The fourth-order valence-corrected chi connectivity index (χ4v) is 3.16. The standard InChI is InChI=1S/C19H17FN2O2S/c1-24-17-8-4-13(5-9-17)18(23)21-11-10-16-12-25-19(22-16)14-2-6-15(20)7-3-14/h2-9,12H,10-11H2,1H3,(H,21,23). The molecule has 0 radical (unpaired) electrons. The normalized spacial score (nSPS) is 10.5. The van der Waals surface area contributed by atoms with Crippen molar-refractivity contribution in [1.82, 2.24) is 10.3 Å². The highest BCUT2D eigenvalue weighted by Gasteiger charge is 2.07. The van der Waals surface area contributed by atoms with E-state index in [1.165, 1.54) is 23.5 Å². The number of benzene rings is 2. The van der Waals surface area contributed by atoms with Gasteiger partial charge in [-0.1, -0.05) is 0 Å². The summed E-state index contributed by atoms with van der Waals surface area (Å²) in [4.78, 5) is 16.6. The molecule has 0 aliphatic rings. The van der Waals surface area contributed by atoms with E-state index in [0.717, 1.165) is 16.3 Å². The Hall–Kier alpha value is -2.73. The van der Waals surface area contributed by atoms with E-state index in [1.54, 1.807) is 43.5 Å². The fourth-order valence-electron chi connectivity index (χ4n) is 2.30. The minimum absolute atomic E-state index is 0.128. The third-order valence-electron chi connectivity index (χ3n) is 3.66. The Kier molecular flexibility index (Phi) is 5.40. The SMILES string of the molecule is COc1ccc(C(=O)NCCc2csc(-c3ccc(F)cc3)n2)cc1. The highest BCUT2D eigenvalue weighted by Crippen LogP contribution is 2.24. The molecule has 0 bridgehead atoms. The molecular weight excluding hydrogens is 339 g/mol. The van der Waals surface area contributed by atoms with Crippen molar-refractivity contribution < 1.29 is 13.9 Å². The quantitative estimate of drug-likeness (QED) is 0.728. The minimum Gasteiger partial charge on any atom is -0.497 e. The van der Waals surface area contributed by atoms with Crippen LogP contribution in [0.15, 0.2) is 53.9 Å². The minimum atomic E-state index is -0.262. The molecule has 0 spiro atoms. The summed E-state index contributed by atoms with van der Waals surface area (Å²) in [7, 11) is 1.59. The molecule has 0 saturated heterocycles. The summed E-state index contributed by atoms with van der Waals surface area (Å²) in [6.45, 7) is 0.497. The number of aromatic nitrogens is 1. The van der Waals surface area contributed by atoms with E-state index in [9.17, 15) is 9.18 Å². The molecule has 0 aliphatic carbocycles. The zero-order valence-corrected chi connectivity index (χ0v) is 14.5. The number of methoxy groups -OCH3 is 1. The van der Waals surface area contributed by atoms with Crippen LogP contribution in [0.25, 0.3) is 10.6 Å². The largest absolute Gasteiger partial charge is 0.497 e. The summed E-state index contributed by atoms with van der Waals surface area (Å²) in [6, 6.07) is 13.2. The highest BCUT2D eigenvalue weighted by atomic mass is 32.1. The molecule has 25 heavy (non-hydrogen) atoms. The van der Waals surface area contributed by atoms with E-state index in [0.29, 0.717) is 24.3 Å². The van der Waals surface area contributed by atoms with Gasteiger partial charge in [-0.2, -0.15) is 0 Å². The summed E-state index contributed by atoms with van der Waals surface area (Å²) in [5.74, 6) is 0.325. The predicted molar refractivity (Wildman–Crippen MR) is 96.5 cm³/mol. The summed E-state index contributed by atoms with van der Waals surface area (Å²) < 4.78 is 18.0. The molecule has 1 amide bonds. The van der Waals surface area contributed by atoms with Crippen molar-refractivity contribution >= 4 is 17.2 Å². The van der Waals surface area contributed by atoms with Crippen molar-refractivity contribution in [2.24, 2.45) is 0 Å².